The number of hydrogen-bond donors (Lipinski definition) is 0. The van der Waals surface area contributed by atoms with Gasteiger partial charge in [0.2, 0.25) is 0 Å². The van der Waals surface area contributed by atoms with Gasteiger partial charge < -0.3 is 9.47 Å². The predicted molar refractivity (Wildman–Crippen MR) is 76.7 cm³/mol. The van der Waals surface area contributed by atoms with Gasteiger partial charge in [-0.3, -0.25) is 4.79 Å². The summed E-state index contributed by atoms with van der Waals surface area (Å²) in [5, 5.41) is 0.846. The van der Waals surface area contributed by atoms with Crippen LogP contribution < -0.4 is 9.47 Å². The van der Waals surface area contributed by atoms with Crippen molar-refractivity contribution in [3.05, 3.63) is 48.2 Å². The number of rotatable bonds is 4. The molecule has 0 amide bonds. The quantitative estimate of drug-likeness (QED) is 0.639. The van der Waals surface area contributed by atoms with Crippen molar-refractivity contribution in [2.24, 2.45) is 0 Å². The van der Waals surface area contributed by atoms with Gasteiger partial charge in [-0.25, -0.2) is 4.98 Å². The number of aromatic nitrogens is 1. The number of benzene rings is 1. The van der Waals surface area contributed by atoms with Crippen LogP contribution in [-0.2, 0) is 0 Å². The second-order valence-electron chi connectivity index (χ2n) is 4.24. The van der Waals surface area contributed by atoms with Gasteiger partial charge in [-0.15, -0.1) is 0 Å². The Morgan fingerprint density at radius 2 is 2.00 bits per heavy atom. The van der Waals surface area contributed by atoms with E-state index in [0.29, 0.717) is 36.0 Å². The van der Waals surface area contributed by atoms with Gasteiger partial charge in [0.05, 0.1) is 10.8 Å². The van der Waals surface area contributed by atoms with E-state index >= 15 is 0 Å². The maximum absolute atomic E-state index is 12.2. The van der Waals surface area contributed by atoms with Crippen LogP contribution in [0, 0.1) is 0 Å². The van der Waals surface area contributed by atoms with E-state index in [4.69, 9.17) is 9.47 Å². The van der Waals surface area contributed by atoms with Crippen LogP contribution in [-0.4, -0.2) is 29.7 Å². The fraction of sp³-hybridized carbons (Fsp3) is 0.200. The number of carbonyl (C=O) groups excluding carboxylic acids is 1. The van der Waals surface area contributed by atoms with Crippen molar-refractivity contribution < 1.29 is 14.3 Å². The van der Waals surface area contributed by atoms with Gasteiger partial charge in [0.25, 0.3) is 0 Å². The van der Waals surface area contributed by atoms with E-state index in [-0.39, 0.29) is 5.78 Å². The highest BCUT2D eigenvalue weighted by molar-refractivity contribution is 7.99. The molecule has 1 aliphatic rings. The zero-order valence-electron chi connectivity index (χ0n) is 10.7. The molecule has 1 aromatic carbocycles. The van der Waals surface area contributed by atoms with Crippen molar-refractivity contribution in [2.45, 2.75) is 5.03 Å². The largest absolute Gasteiger partial charge is 0.486 e. The fourth-order valence-electron chi connectivity index (χ4n) is 1.87. The predicted octanol–water partition coefficient (Wildman–Crippen LogP) is 2.83. The summed E-state index contributed by atoms with van der Waals surface area (Å²) in [4.78, 5) is 16.3. The Balaban J connectivity index is 1.68. The topological polar surface area (TPSA) is 48.4 Å². The Morgan fingerprint density at radius 1 is 1.15 bits per heavy atom. The third-order valence-electron chi connectivity index (χ3n) is 2.85. The lowest BCUT2D eigenvalue weighted by Crippen LogP contribution is -2.16. The molecule has 0 atom stereocenters. The highest BCUT2D eigenvalue weighted by atomic mass is 32.2. The number of thioether (sulfide) groups is 1. The van der Waals surface area contributed by atoms with Gasteiger partial charge in [-0.2, -0.15) is 0 Å². The van der Waals surface area contributed by atoms with Crippen LogP contribution in [0.5, 0.6) is 11.5 Å². The van der Waals surface area contributed by atoms with Crippen molar-refractivity contribution in [1.82, 2.24) is 4.98 Å². The number of fused-ring (bicyclic) bond motifs is 1. The summed E-state index contributed by atoms with van der Waals surface area (Å²) in [5.41, 5.74) is 0.637. The van der Waals surface area contributed by atoms with Crippen LogP contribution in [0.3, 0.4) is 0 Å². The minimum atomic E-state index is 0.0534. The second-order valence-corrected chi connectivity index (χ2v) is 5.23. The maximum Gasteiger partial charge on any atom is 0.173 e. The number of Topliss-reactive ketones (excluding diaryl/α,β-unsaturated/α-hetero) is 1. The van der Waals surface area contributed by atoms with Gasteiger partial charge in [0, 0.05) is 11.8 Å². The molecule has 102 valence electrons. The normalized spacial score (nSPS) is 13.0. The van der Waals surface area contributed by atoms with Crippen LogP contribution in [0.25, 0.3) is 0 Å². The summed E-state index contributed by atoms with van der Waals surface area (Å²) in [6, 6.07) is 11.0. The summed E-state index contributed by atoms with van der Waals surface area (Å²) in [6.07, 6.45) is 1.72. The van der Waals surface area contributed by atoms with Crippen LogP contribution in [0.1, 0.15) is 10.4 Å². The first kappa shape index (κ1) is 13.0. The van der Waals surface area contributed by atoms with Crippen molar-refractivity contribution in [3.8, 4) is 11.5 Å². The molecular formula is C15H13NO3S. The molecule has 3 rings (SSSR count). The minimum absolute atomic E-state index is 0.0534. The molecule has 0 spiro atoms. The Morgan fingerprint density at radius 3 is 2.80 bits per heavy atom. The zero-order chi connectivity index (χ0) is 13.8. The summed E-state index contributed by atoms with van der Waals surface area (Å²) in [5.74, 6) is 1.75. The van der Waals surface area contributed by atoms with Gasteiger partial charge in [0.15, 0.2) is 17.3 Å². The molecule has 1 aromatic heterocycles. The molecule has 2 heterocycles. The Labute approximate surface area is 121 Å². The van der Waals surface area contributed by atoms with E-state index < -0.39 is 0 Å². The van der Waals surface area contributed by atoms with E-state index in [0.717, 1.165) is 5.03 Å². The first-order valence-electron chi connectivity index (χ1n) is 6.29. The molecule has 1 aliphatic heterocycles. The van der Waals surface area contributed by atoms with Gasteiger partial charge >= 0.3 is 0 Å². The maximum atomic E-state index is 12.2. The molecule has 5 heteroatoms. The molecule has 0 bridgehead atoms. The standard InChI is InChI=1S/C15H13NO3S/c17-12(10-20-15-3-1-2-6-16-15)11-4-5-13-14(9-11)19-8-7-18-13/h1-6,9H,7-8,10H2. The second kappa shape index (κ2) is 5.96. The zero-order valence-corrected chi connectivity index (χ0v) is 11.6. The highest BCUT2D eigenvalue weighted by Crippen LogP contribution is 2.31. The SMILES string of the molecule is O=C(CSc1ccccn1)c1ccc2c(c1)OCCO2. The smallest absolute Gasteiger partial charge is 0.173 e. The van der Waals surface area contributed by atoms with Crippen molar-refractivity contribution in [1.29, 1.82) is 0 Å². The molecular weight excluding hydrogens is 274 g/mol. The number of ether oxygens (including phenoxy) is 2. The minimum Gasteiger partial charge on any atom is -0.486 e. The van der Waals surface area contributed by atoms with Crippen LogP contribution >= 0.6 is 11.8 Å². The lowest BCUT2D eigenvalue weighted by atomic mass is 10.1. The molecule has 0 unspecified atom stereocenters. The number of ketones is 1. The third-order valence-corrected chi connectivity index (χ3v) is 3.80. The first-order chi connectivity index (χ1) is 9.83. The van der Waals surface area contributed by atoms with Crippen molar-refractivity contribution in [3.63, 3.8) is 0 Å². The lowest BCUT2D eigenvalue weighted by Gasteiger charge is -2.18. The monoisotopic (exact) mass is 287 g/mol. The Hall–Kier alpha value is -2.01. The lowest BCUT2D eigenvalue weighted by molar-refractivity contribution is 0.102. The summed E-state index contributed by atoms with van der Waals surface area (Å²) in [6.45, 7) is 1.07. The van der Waals surface area contributed by atoms with E-state index in [1.165, 1.54) is 11.8 Å². The van der Waals surface area contributed by atoms with Gasteiger partial charge in [0.1, 0.15) is 13.2 Å². The summed E-state index contributed by atoms with van der Waals surface area (Å²) in [7, 11) is 0. The molecule has 0 aliphatic carbocycles. The summed E-state index contributed by atoms with van der Waals surface area (Å²) >= 11 is 1.43. The third kappa shape index (κ3) is 2.93. The van der Waals surface area contributed by atoms with E-state index in [1.54, 1.807) is 24.4 Å². The molecule has 0 fully saturated rings. The van der Waals surface area contributed by atoms with Gasteiger partial charge in [-0.05, 0) is 30.3 Å². The first-order valence-corrected chi connectivity index (χ1v) is 7.28. The Kier molecular flexibility index (Phi) is 3.87. The number of carbonyl (C=O) groups is 1. The van der Waals surface area contributed by atoms with Crippen molar-refractivity contribution >= 4 is 17.5 Å². The molecule has 2 aromatic rings. The number of pyridine rings is 1. The molecule has 20 heavy (non-hydrogen) atoms. The molecule has 4 nitrogen and oxygen atoms in total. The average Bonchev–Trinajstić information content (AvgIpc) is 2.53. The molecule has 0 saturated carbocycles. The van der Waals surface area contributed by atoms with Crippen LogP contribution in [0.2, 0.25) is 0 Å². The Bertz CT molecular complexity index is 616. The van der Waals surface area contributed by atoms with Crippen LogP contribution in [0.4, 0.5) is 0 Å². The number of hydrogen-bond acceptors (Lipinski definition) is 5. The van der Waals surface area contributed by atoms with Crippen LogP contribution in [0.15, 0.2) is 47.6 Å². The summed E-state index contributed by atoms with van der Waals surface area (Å²) < 4.78 is 10.9. The van der Waals surface area contributed by atoms with Crippen molar-refractivity contribution in [2.75, 3.05) is 19.0 Å². The average molecular weight is 287 g/mol. The fourth-order valence-corrected chi connectivity index (χ4v) is 2.63. The van der Waals surface area contributed by atoms with E-state index in [9.17, 15) is 4.79 Å². The molecule has 0 saturated heterocycles. The van der Waals surface area contributed by atoms with E-state index in [1.807, 2.05) is 18.2 Å². The van der Waals surface area contributed by atoms with E-state index in [2.05, 4.69) is 4.98 Å². The molecule has 0 radical (unpaired) electrons. The molecule has 0 N–H and O–H groups in total. The highest BCUT2D eigenvalue weighted by Gasteiger charge is 2.15. The number of nitrogens with zero attached hydrogens (tertiary/aromatic N) is 1. The van der Waals surface area contributed by atoms with Gasteiger partial charge in [-0.1, -0.05) is 17.8 Å².